The molecule has 1 heterocycles. The maximum absolute atomic E-state index is 12.1. The lowest BCUT2D eigenvalue weighted by Gasteiger charge is -2.08. The first kappa shape index (κ1) is 16.4. The highest BCUT2D eigenvalue weighted by molar-refractivity contribution is 5.90. The average molecular weight is 340 g/mol. The minimum Gasteiger partial charge on any atom is -0.497 e. The van der Waals surface area contributed by atoms with Gasteiger partial charge >= 0.3 is 5.97 Å². The first-order valence-electron chi connectivity index (χ1n) is 7.53. The Morgan fingerprint density at radius 2 is 1.88 bits per heavy atom. The molecule has 0 radical (unpaired) electrons. The third-order valence-electron chi connectivity index (χ3n) is 3.34. The molecule has 3 rings (SSSR count). The van der Waals surface area contributed by atoms with Gasteiger partial charge in [0.2, 0.25) is 0 Å². The van der Waals surface area contributed by atoms with Crippen LogP contribution in [0.4, 0.5) is 0 Å². The van der Waals surface area contributed by atoms with E-state index in [0.29, 0.717) is 17.0 Å². The molecule has 0 saturated heterocycles. The lowest BCUT2D eigenvalue weighted by atomic mass is 10.2. The molecule has 3 aromatic rings. The molecule has 0 fully saturated rings. The number of carbonyl (C=O) groups excluding carboxylic acids is 1. The third kappa shape index (κ3) is 4.31. The first-order chi connectivity index (χ1) is 12.3. The number of hydrogen-bond donors (Lipinski definition) is 0. The van der Waals surface area contributed by atoms with Crippen molar-refractivity contribution in [3.8, 4) is 17.2 Å². The molecule has 0 unspecified atom stereocenters. The van der Waals surface area contributed by atoms with Gasteiger partial charge in [0.05, 0.1) is 18.4 Å². The summed E-state index contributed by atoms with van der Waals surface area (Å²) in [6.45, 7) is 0.394. The fraction of sp³-hybridized carbons (Fsp3) is 0.176. The summed E-state index contributed by atoms with van der Waals surface area (Å²) in [4.78, 5) is 12.1. The molecule has 0 aliphatic heterocycles. The van der Waals surface area contributed by atoms with Gasteiger partial charge in [-0.15, -0.1) is 5.10 Å². The summed E-state index contributed by atoms with van der Waals surface area (Å²) in [5.41, 5.74) is 1.09. The van der Waals surface area contributed by atoms with Gasteiger partial charge in [-0.25, -0.2) is 9.48 Å². The van der Waals surface area contributed by atoms with Crippen LogP contribution in [0.15, 0.2) is 54.9 Å². The molecule has 0 N–H and O–H groups in total. The lowest BCUT2D eigenvalue weighted by molar-refractivity contribution is 0.0450. The van der Waals surface area contributed by atoms with Crippen molar-refractivity contribution in [2.24, 2.45) is 0 Å². The molecular weight excluding hydrogens is 324 g/mol. The van der Waals surface area contributed by atoms with E-state index in [2.05, 4.69) is 15.5 Å². The predicted octanol–water partition coefficient (Wildman–Crippen LogP) is 1.91. The Hall–Kier alpha value is -3.42. The topological polar surface area (TPSA) is 88.4 Å². The Morgan fingerprint density at radius 1 is 1.08 bits per heavy atom. The van der Waals surface area contributed by atoms with Gasteiger partial charge in [-0.3, -0.25) is 0 Å². The van der Waals surface area contributed by atoms with Gasteiger partial charge in [0.25, 0.3) is 0 Å². The standard InChI is InChI=1S/C17H16N4O4/c1-23-15-5-7-16(8-6-15)24-9-10-25-17(22)13-3-2-4-14(11-13)21-12-18-19-20-21/h2-8,11-12H,9-10H2,1H3. The monoisotopic (exact) mass is 340 g/mol. The number of hydrogen-bond acceptors (Lipinski definition) is 7. The van der Waals surface area contributed by atoms with E-state index < -0.39 is 5.97 Å². The van der Waals surface area contributed by atoms with Crippen LogP contribution >= 0.6 is 0 Å². The molecule has 8 nitrogen and oxygen atoms in total. The highest BCUT2D eigenvalue weighted by atomic mass is 16.6. The van der Waals surface area contributed by atoms with Crippen LogP contribution in [-0.2, 0) is 4.74 Å². The van der Waals surface area contributed by atoms with Crippen LogP contribution in [0, 0.1) is 0 Å². The summed E-state index contributed by atoms with van der Waals surface area (Å²) in [5, 5.41) is 10.9. The minimum atomic E-state index is -0.437. The number of tetrazole rings is 1. The van der Waals surface area contributed by atoms with Crippen LogP contribution in [0.25, 0.3) is 5.69 Å². The molecule has 25 heavy (non-hydrogen) atoms. The van der Waals surface area contributed by atoms with Crippen LogP contribution in [-0.4, -0.2) is 46.5 Å². The van der Waals surface area contributed by atoms with Crippen LogP contribution < -0.4 is 9.47 Å². The van der Waals surface area contributed by atoms with Gasteiger partial charge in [-0.1, -0.05) is 6.07 Å². The normalized spacial score (nSPS) is 10.3. The summed E-state index contributed by atoms with van der Waals surface area (Å²) in [7, 11) is 1.60. The highest BCUT2D eigenvalue weighted by Crippen LogP contribution is 2.17. The molecule has 0 atom stereocenters. The smallest absolute Gasteiger partial charge is 0.338 e. The molecule has 0 amide bonds. The molecule has 0 aliphatic rings. The predicted molar refractivity (Wildman–Crippen MR) is 87.9 cm³/mol. The number of nitrogens with zero attached hydrogens (tertiary/aromatic N) is 4. The van der Waals surface area contributed by atoms with Crippen molar-refractivity contribution < 1.29 is 19.0 Å². The summed E-state index contributed by atoms with van der Waals surface area (Å²) in [6.07, 6.45) is 1.45. The van der Waals surface area contributed by atoms with Crippen LogP contribution in [0.5, 0.6) is 11.5 Å². The Bertz CT molecular complexity index is 819. The second-order valence-electron chi connectivity index (χ2n) is 4.96. The fourth-order valence-electron chi connectivity index (χ4n) is 2.10. The van der Waals surface area contributed by atoms with Crippen molar-refractivity contribution in [1.29, 1.82) is 0 Å². The maximum atomic E-state index is 12.1. The van der Waals surface area contributed by atoms with Gasteiger partial charge < -0.3 is 14.2 Å². The molecule has 1 aromatic heterocycles. The number of carbonyl (C=O) groups is 1. The second-order valence-corrected chi connectivity index (χ2v) is 4.96. The van der Waals surface area contributed by atoms with E-state index in [1.165, 1.54) is 11.0 Å². The van der Waals surface area contributed by atoms with E-state index in [4.69, 9.17) is 14.2 Å². The van der Waals surface area contributed by atoms with E-state index in [1.54, 1.807) is 55.6 Å². The van der Waals surface area contributed by atoms with Gasteiger partial charge in [-0.2, -0.15) is 0 Å². The van der Waals surface area contributed by atoms with Crippen LogP contribution in [0.1, 0.15) is 10.4 Å². The maximum Gasteiger partial charge on any atom is 0.338 e. The van der Waals surface area contributed by atoms with Crippen molar-refractivity contribution in [2.75, 3.05) is 20.3 Å². The fourth-order valence-corrected chi connectivity index (χ4v) is 2.10. The van der Waals surface area contributed by atoms with Crippen molar-refractivity contribution in [3.63, 3.8) is 0 Å². The minimum absolute atomic E-state index is 0.139. The van der Waals surface area contributed by atoms with Gasteiger partial charge in [-0.05, 0) is 52.9 Å². The molecule has 0 spiro atoms. The molecule has 0 aliphatic carbocycles. The zero-order valence-electron chi connectivity index (χ0n) is 13.5. The lowest BCUT2D eigenvalue weighted by Crippen LogP contribution is -2.12. The molecular formula is C17H16N4O4. The quantitative estimate of drug-likeness (QED) is 0.479. The van der Waals surface area contributed by atoms with Gasteiger partial charge in [0, 0.05) is 0 Å². The number of aromatic nitrogens is 4. The largest absolute Gasteiger partial charge is 0.497 e. The zero-order valence-corrected chi connectivity index (χ0v) is 13.5. The average Bonchev–Trinajstić information content (AvgIpc) is 3.20. The highest BCUT2D eigenvalue weighted by Gasteiger charge is 2.09. The number of methoxy groups -OCH3 is 1. The van der Waals surface area contributed by atoms with E-state index in [1.807, 2.05) is 0 Å². The summed E-state index contributed by atoms with van der Waals surface area (Å²) in [5.74, 6) is 0.993. The number of benzene rings is 2. The molecule has 8 heteroatoms. The Labute approximate surface area is 143 Å². The third-order valence-corrected chi connectivity index (χ3v) is 3.34. The second kappa shape index (κ2) is 7.91. The van der Waals surface area contributed by atoms with E-state index in [9.17, 15) is 4.79 Å². The van der Waals surface area contributed by atoms with Crippen molar-refractivity contribution in [1.82, 2.24) is 20.2 Å². The van der Waals surface area contributed by atoms with Crippen molar-refractivity contribution in [3.05, 3.63) is 60.4 Å². The van der Waals surface area contributed by atoms with Gasteiger partial charge in [0.15, 0.2) is 0 Å². The zero-order chi connectivity index (χ0) is 17.5. The number of ether oxygens (including phenoxy) is 3. The summed E-state index contributed by atoms with van der Waals surface area (Å²) < 4.78 is 17.3. The molecule has 0 saturated carbocycles. The Balaban J connectivity index is 1.50. The number of esters is 1. The van der Waals surface area contributed by atoms with Gasteiger partial charge in [0.1, 0.15) is 31.0 Å². The summed E-state index contributed by atoms with van der Waals surface area (Å²) >= 11 is 0. The van der Waals surface area contributed by atoms with Crippen LogP contribution in [0.3, 0.4) is 0 Å². The van der Waals surface area contributed by atoms with Crippen LogP contribution in [0.2, 0.25) is 0 Å². The van der Waals surface area contributed by atoms with Crippen molar-refractivity contribution in [2.45, 2.75) is 0 Å². The first-order valence-corrected chi connectivity index (χ1v) is 7.53. The summed E-state index contributed by atoms with van der Waals surface area (Å²) in [6, 6.07) is 14.0. The molecule has 2 aromatic carbocycles. The van der Waals surface area contributed by atoms with E-state index in [0.717, 1.165) is 5.75 Å². The van der Waals surface area contributed by atoms with E-state index >= 15 is 0 Å². The number of rotatable bonds is 7. The molecule has 128 valence electrons. The molecule has 0 bridgehead atoms. The van der Waals surface area contributed by atoms with Crippen molar-refractivity contribution >= 4 is 5.97 Å². The Morgan fingerprint density at radius 3 is 2.60 bits per heavy atom. The van der Waals surface area contributed by atoms with E-state index in [-0.39, 0.29) is 13.2 Å². The Kier molecular flexibility index (Phi) is 5.20. The SMILES string of the molecule is COc1ccc(OCCOC(=O)c2cccc(-n3cnnn3)c2)cc1.